The number of nitrogen functional groups attached to an aromatic ring is 1. The van der Waals surface area contributed by atoms with E-state index in [2.05, 4.69) is 15.0 Å². The number of hydrogen-bond donors (Lipinski definition) is 3. The van der Waals surface area contributed by atoms with Gasteiger partial charge in [-0.2, -0.15) is 0 Å². The van der Waals surface area contributed by atoms with Crippen LogP contribution in [0.4, 0.5) is 5.82 Å². The van der Waals surface area contributed by atoms with Gasteiger partial charge >= 0.3 is 0 Å². The molecule has 0 spiro atoms. The predicted molar refractivity (Wildman–Crippen MR) is 74.1 cm³/mol. The minimum Gasteiger partial charge on any atom is -0.394 e. The van der Waals surface area contributed by atoms with Gasteiger partial charge in [0, 0.05) is 29.0 Å². The number of fused-ring (bicyclic) bond motifs is 1. The molecule has 1 aliphatic heterocycles. The first-order valence-corrected chi connectivity index (χ1v) is 6.78. The fraction of sp³-hybridized carbons (Fsp3) is 0.500. The van der Waals surface area contributed by atoms with Crippen LogP contribution < -0.4 is 5.73 Å². The summed E-state index contributed by atoms with van der Waals surface area (Å²) in [5, 5.41) is 18.9. The number of hydrogen-bond acceptors (Lipinski definition) is 7. The van der Waals surface area contributed by atoms with Gasteiger partial charge in [-0.05, 0) is 0 Å². The molecule has 0 unspecified atom stereocenters. The molecular weight excluding hydrogens is 365 g/mol. The normalized spacial score (nSPS) is 27.2. The molecule has 0 amide bonds. The first kappa shape index (κ1) is 13.0. The fourth-order valence-corrected chi connectivity index (χ4v) is 2.66. The van der Waals surface area contributed by atoms with Gasteiger partial charge in [-0.3, -0.25) is 4.57 Å². The van der Waals surface area contributed by atoms with Crippen LogP contribution in [0.15, 0.2) is 6.33 Å². The van der Waals surface area contributed by atoms with Crippen LogP contribution in [0.5, 0.6) is 0 Å². The molecule has 0 saturated carbocycles. The summed E-state index contributed by atoms with van der Waals surface area (Å²) in [4.78, 5) is 12.5. The van der Waals surface area contributed by atoms with Crippen LogP contribution in [0.1, 0.15) is 12.6 Å². The molecule has 3 rings (SSSR count). The summed E-state index contributed by atoms with van der Waals surface area (Å²) in [6, 6.07) is 0. The summed E-state index contributed by atoms with van der Waals surface area (Å²) >= 11 is 1.97. The molecule has 2 aromatic rings. The number of nitrogens with zero attached hydrogens (tertiary/aromatic N) is 4. The maximum atomic E-state index is 9.76. The molecule has 8 nitrogen and oxygen atoms in total. The van der Waals surface area contributed by atoms with Crippen molar-refractivity contribution in [2.45, 2.75) is 24.9 Å². The lowest BCUT2D eigenvalue weighted by Crippen LogP contribution is -2.24. The molecule has 0 aliphatic carbocycles. The number of anilines is 1. The monoisotopic (exact) mass is 377 g/mol. The molecule has 3 atom stereocenters. The Bertz CT molecular complexity index is 618. The fourth-order valence-electron chi connectivity index (χ4n) is 2.17. The van der Waals surface area contributed by atoms with E-state index in [9.17, 15) is 5.11 Å². The van der Waals surface area contributed by atoms with Gasteiger partial charge in [-0.15, -0.1) is 0 Å². The number of imidazole rings is 1. The SMILES string of the molecule is Nc1nc(I)nc2c1ncn2[C@@H]1C[C@@H](O)[C@H](CO)O1. The van der Waals surface area contributed by atoms with Gasteiger partial charge in [0.25, 0.3) is 0 Å². The van der Waals surface area contributed by atoms with Gasteiger partial charge in [0.2, 0.25) is 0 Å². The van der Waals surface area contributed by atoms with Gasteiger partial charge in [0.1, 0.15) is 17.8 Å². The topological polar surface area (TPSA) is 119 Å². The molecule has 4 N–H and O–H groups in total. The Morgan fingerprint density at radius 2 is 2.32 bits per heavy atom. The van der Waals surface area contributed by atoms with Crippen LogP contribution in [-0.4, -0.2) is 48.5 Å². The molecular formula is C10H12IN5O3. The second kappa shape index (κ2) is 4.81. The van der Waals surface area contributed by atoms with Crippen molar-refractivity contribution in [3.8, 4) is 0 Å². The van der Waals surface area contributed by atoms with Gasteiger partial charge in [-0.1, -0.05) is 0 Å². The highest BCUT2D eigenvalue weighted by molar-refractivity contribution is 14.1. The van der Waals surface area contributed by atoms with Crippen LogP contribution in [0.3, 0.4) is 0 Å². The lowest BCUT2D eigenvalue weighted by Gasteiger charge is -2.13. The lowest BCUT2D eigenvalue weighted by atomic mass is 10.2. The average Bonchev–Trinajstić information content (AvgIpc) is 2.92. The largest absolute Gasteiger partial charge is 0.394 e. The molecule has 1 aliphatic rings. The Morgan fingerprint density at radius 3 is 3.00 bits per heavy atom. The van der Waals surface area contributed by atoms with Crippen molar-refractivity contribution in [3.05, 3.63) is 10.2 Å². The van der Waals surface area contributed by atoms with Crippen molar-refractivity contribution < 1.29 is 14.9 Å². The van der Waals surface area contributed by atoms with Crippen LogP contribution in [0.25, 0.3) is 11.2 Å². The number of aliphatic hydroxyl groups excluding tert-OH is 2. The van der Waals surface area contributed by atoms with Crippen LogP contribution in [0.2, 0.25) is 0 Å². The molecule has 1 saturated heterocycles. The van der Waals surface area contributed by atoms with Crippen molar-refractivity contribution in [2.24, 2.45) is 0 Å². The second-order valence-electron chi connectivity index (χ2n) is 4.32. The third-order valence-electron chi connectivity index (χ3n) is 3.12. The first-order chi connectivity index (χ1) is 9.10. The summed E-state index contributed by atoms with van der Waals surface area (Å²) in [6.45, 7) is -0.223. The van der Waals surface area contributed by atoms with E-state index in [1.807, 2.05) is 22.6 Å². The maximum Gasteiger partial charge on any atom is 0.194 e. The van der Waals surface area contributed by atoms with Crippen molar-refractivity contribution >= 4 is 39.6 Å². The Kier molecular flexibility index (Phi) is 3.28. The van der Waals surface area contributed by atoms with Gasteiger partial charge in [0.15, 0.2) is 15.3 Å². The third kappa shape index (κ3) is 2.16. The van der Waals surface area contributed by atoms with E-state index in [1.165, 1.54) is 0 Å². The standard InChI is InChI=1S/C10H12IN5O3/c11-10-14-8(12)7-9(15-10)16(3-13-7)6-1-4(18)5(2-17)19-6/h3-6,17-18H,1-2H2,(H2,12,14,15)/t4-,5+,6+/m1/s1. The smallest absolute Gasteiger partial charge is 0.194 e. The van der Waals surface area contributed by atoms with Gasteiger partial charge in [-0.25, -0.2) is 15.0 Å². The van der Waals surface area contributed by atoms with E-state index < -0.39 is 18.4 Å². The summed E-state index contributed by atoms with van der Waals surface area (Å²) in [5.41, 5.74) is 6.86. The van der Waals surface area contributed by atoms with Crippen molar-refractivity contribution in [1.82, 2.24) is 19.5 Å². The minimum atomic E-state index is -0.703. The number of halogens is 1. The third-order valence-corrected chi connectivity index (χ3v) is 3.60. The number of ether oxygens (including phenoxy) is 1. The minimum absolute atomic E-state index is 0.223. The van der Waals surface area contributed by atoms with Crippen LogP contribution >= 0.6 is 22.6 Å². The number of aliphatic hydroxyl groups is 2. The summed E-state index contributed by atoms with van der Waals surface area (Å²) in [7, 11) is 0. The lowest BCUT2D eigenvalue weighted by molar-refractivity contribution is -0.0432. The summed E-state index contributed by atoms with van der Waals surface area (Å²) < 4.78 is 7.79. The van der Waals surface area contributed by atoms with Crippen LogP contribution in [-0.2, 0) is 4.74 Å². The van der Waals surface area contributed by atoms with E-state index in [0.717, 1.165) is 0 Å². The second-order valence-corrected chi connectivity index (χ2v) is 5.28. The Hall–Kier alpha value is -1.04. The van der Waals surface area contributed by atoms with E-state index in [1.54, 1.807) is 10.9 Å². The number of rotatable bonds is 2. The van der Waals surface area contributed by atoms with Crippen molar-refractivity contribution in [1.29, 1.82) is 0 Å². The maximum absolute atomic E-state index is 9.76. The molecule has 9 heteroatoms. The van der Waals surface area contributed by atoms with Gasteiger partial charge in [0.05, 0.1) is 19.0 Å². The number of aromatic nitrogens is 4. The van der Waals surface area contributed by atoms with E-state index in [-0.39, 0.29) is 6.61 Å². The molecule has 0 radical (unpaired) electrons. The highest BCUT2D eigenvalue weighted by Crippen LogP contribution is 2.31. The Balaban J connectivity index is 2.02. The molecule has 1 fully saturated rings. The highest BCUT2D eigenvalue weighted by atomic mass is 127. The van der Waals surface area contributed by atoms with E-state index in [4.69, 9.17) is 15.6 Å². The predicted octanol–water partition coefficient (Wildman–Crippen LogP) is -0.346. The molecule has 3 heterocycles. The molecule has 102 valence electrons. The van der Waals surface area contributed by atoms with Crippen molar-refractivity contribution in [3.63, 3.8) is 0 Å². The van der Waals surface area contributed by atoms with E-state index in [0.29, 0.717) is 27.2 Å². The molecule has 2 aromatic heterocycles. The van der Waals surface area contributed by atoms with E-state index >= 15 is 0 Å². The molecule has 19 heavy (non-hydrogen) atoms. The summed E-state index contributed by atoms with van der Waals surface area (Å²) in [6.07, 6.45) is 0.230. The Labute approximate surface area is 121 Å². The zero-order chi connectivity index (χ0) is 13.6. The zero-order valence-corrected chi connectivity index (χ0v) is 11.9. The average molecular weight is 377 g/mol. The molecule has 0 bridgehead atoms. The zero-order valence-electron chi connectivity index (χ0n) is 9.77. The highest BCUT2D eigenvalue weighted by Gasteiger charge is 2.35. The van der Waals surface area contributed by atoms with Crippen LogP contribution in [0, 0.1) is 3.83 Å². The molecule has 0 aromatic carbocycles. The van der Waals surface area contributed by atoms with Gasteiger partial charge < -0.3 is 20.7 Å². The number of nitrogens with two attached hydrogens (primary N) is 1. The summed E-state index contributed by atoms with van der Waals surface area (Å²) in [5.74, 6) is 0.311. The van der Waals surface area contributed by atoms with Crippen molar-refractivity contribution in [2.75, 3.05) is 12.3 Å². The quantitative estimate of drug-likeness (QED) is 0.484. The Morgan fingerprint density at radius 1 is 1.53 bits per heavy atom. The first-order valence-electron chi connectivity index (χ1n) is 5.70.